The van der Waals surface area contributed by atoms with Crippen molar-refractivity contribution in [1.82, 2.24) is 4.98 Å². The Labute approximate surface area is 114 Å². The van der Waals surface area contributed by atoms with Crippen LogP contribution in [0.1, 0.15) is 35.1 Å². The standard InChI is InChI=1S/C13H12ClNO2S/c1-7(2)10-11(13(16)17)18-12(15-10)8-5-3-4-6-9(8)14/h3-7H,1-2H3,(H,16,17). The fourth-order valence-corrected chi connectivity index (χ4v) is 3.01. The van der Waals surface area contributed by atoms with Gasteiger partial charge < -0.3 is 5.11 Å². The molecule has 0 aliphatic heterocycles. The summed E-state index contributed by atoms with van der Waals surface area (Å²) in [4.78, 5) is 15.9. The van der Waals surface area contributed by atoms with Gasteiger partial charge in [0.05, 0.1) is 10.7 Å². The molecule has 0 saturated carbocycles. The number of carbonyl (C=O) groups is 1. The zero-order valence-corrected chi connectivity index (χ0v) is 11.5. The van der Waals surface area contributed by atoms with Crippen LogP contribution in [0.3, 0.4) is 0 Å². The van der Waals surface area contributed by atoms with Crippen molar-refractivity contribution < 1.29 is 9.90 Å². The van der Waals surface area contributed by atoms with Crippen molar-refractivity contribution in [2.24, 2.45) is 0 Å². The van der Waals surface area contributed by atoms with Gasteiger partial charge in [-0.2, -0.15) is 0 Å². The van der Waals surface area contributed by atoms with Crippen molar-refractivity contribution in [3.63, 3.8) is 0 Å². The van der Waals surface area contributed by atoms with E-state index in [1.165, 1.54) is 11.3 Å². The summed E-state index contributed by atoms with van der Waals surface area (Å²) in [5, 5.41) is 10.4. The van der Waals surface area contributed by atoms with Crippen molar-refractivity contribution in [3.05, 3.63) is 39.9 Å². The first kappa shape index (κ1) is 13.1. The molecule has 0 fully saturated rings. The summed E-state index contributed by atoms with van der Waals surface area (Å²) in [6, 6.07) is 7.31. The highest BCUT2D eigenvalue weighted by molar-refractivity contribution is 7.17. The molecule has 0 atom stereocenters. The monoisotopic (exact) mass is 281 g/mol. The Hall–Kier alpha value is -1.39. The summed E-state index contributed by atoms with van der Waals surface area (Å²) < 4.78 is 0. The molecule has 2 aromatic rings. The molecule has 0 aliphatic rings. The van der Waals surface area contributed by atoms with Crippen LogP contribution in [-0.2, 0) is 0 Å². The van der Waals surface area contributed by atoms with Crippen molar-refractivity contribution in [2.75, 3.05) is 0 Å². The quantitative estimate of drug-likeness (QED) is 0.913. The first-order valence-electron chi connectivity index (χ1n) is 5.49. The van der Waals surface area contributed by atoms with E-state index in [2.05, 4.69) is 4.98 Å². The number of rotatable bonds is 3. The van der Waals surface area contributed by atoms with E-state index in [-0.39, 0.29) is 5.92 Å². The van der Waals surface area contributed by atoms with Gasteiger partial charge in [-0.25, -0.2) is 9.78 Å². The molecule has 1 aromatic heterocycles. The SMILES string of the molecule is CC(C)c1nc(-c2ccccc2Cl)sc1C(=O)O. The third-order valence-corrected chi connectivity index (χ3v) is 3.92. The number of thiazole rings is 1. The lowest BCUT2D eigenvalue weighted by molar-refractivity contribution is 0.0700. The first-order valence-corrected chi connectivity index (χ1v) is 6.69. The predicted octanol–water partition coefficient (Wildman–Crippen LogP) is 4.29. The van der Waals surface area contributed by atoms with Crippen LogP contribution >= 0.6 is 22.9 Å². The van der Waals surface area contributed by atoms with E-state index in [1.54, 1.807) is 6.07 Å². The fourth-order valence-electron chi connectivity index (χ4n) is 1.63. The number of hydrogen-bond donors (Lipinski definition) is 1. The molecule has 0 saturated heterocycles. The highest BCUT2D eigenvalue weighted by Gasteiger charge is 2.20. The van der Waals surface area contributed by atoms with Gasteiger partial charge in [-0.05, 0) is 12.0 Å². The van der Waals surface area contributed by atoms with E-state index in [0.717, 1.165) is 5.56 Å². The third-order valence-electron chi connectivity index (χ3n) is 2.50. The maximum Gasteiger partial charge on any atom is 0.347 e. The number of carboxylic acid groups (broad SMARTS) is 1. The van der Waals surface area contributed by atoms with E-state index in [0.29, 0.717) is 20.6 Å². The normalized spacial score (nSPS) is 10.9. The van der Waals surface area contributed by atoms with Crippen LogP contribution in [0.4, 0.5) is 0 Å². The van der Waals surface area contributed by atoms with E-state index in [9.17, 15) is 9.90 Å². The largest absolute Gasteiger partial charge is 0.477 e. The average molecular weight is 282 g/mol. The molecule has 0 amide bonds. The van der Waals surface area contributed by atoms with E-state index in [4.69, 9.17) is 11.6 Å². The van der Waals surface area contributed by atoms with Crippen molar-refractivity contribution >= 4 is 28.9 Å². The van der Waals surface area contributed by atoms with Gasteiger partial charge >= 0.3 is 5.97 Å². The smallest absolute Gasteiger partial charge is 0.347 e. The van der Waals surface area contributed by atoms with Crippen LogP contribution in [0.15, 0.2) is 24.3 Å². The van der Waals surface area contributed by atoms with Crippen molar-refractivity contribution in [2.45, 2.75) is 19.8 Å². The molecule has 1 N–H and O–H groups in total. The molecule has 18 heavy (non-hydrogen) atoms. The second-order valence-corrected chi connectivity index (χ2v) is 5.58. The number of aromatic carboxylic acids is 1. The van der Waals surface area contributed by atoms with Gasteiger partial charge in [-0.1, -0.05) is 43.6 Å². The Morgan fingerprint density at radius 3 is 2.56 bits per heavy atom. The lowest BCUT2D eigenvalue weighted by Gasteiger charge is -2.01. The predicted molar refractivity (Wildman–Crippen MR) is 73.6 cm³/mol. The molecule has 5 heteroatoms. The van der Waals surface area contributed by atoms with Gasteiger partial charge in [0.15, 0.2) is 0 Å². The van der Waals surface area contributed by atoms with Gasteiger partial charge in [0.2, 0.25) is 0 Å². The maximum atomic E-state index is 11.2. The second kappa shape index (κ2) is 5.08. The maximum absolute atomic E-state index is 11.2. The summed E-state index contributed by atoms with van der Waals surface area (Å²) >= 11 is 7.27. The fraction of sp³-hybridized carbons (Fsp3) is 0.231. The second-order valence-electron chi connectivity index (χ2n) is 4.17. The number of halogens is 1. The molecule has 0 bridgehead atoms. The van der Waals surface area contributed by atoms with Crippen molar-refractivity contribution in [1.29, 1.82) is 0 Å². The highest BCUT2D eigenvalue weighted by atomic mass is 35.5. The van der Waals surface area contributed by atoms with Crippen LogP contribution in [0.25, 0.3) is 10.6 Å². The van der Waals surface area contributed by atoms with Crippen LogP contribution in [0.5, 0.6) is 0 Å². The molecule has 0 spiro atoms. The minimum atomic E-state index is -0.936. The van der Waals surface area contributed by atoms with Crippen LogP contribution in [0.2, 0.25) is 5.02 Å². The molecular formula is C13H12ClNO2S. The molecule has 0 radical (unpaired) electrons. The molecule has 2 rings (SSSR count). The number of hydrogen-bond acceptors (Lipinski definition) is 3. The summed E-state index contributed by atoms with van der Waals surface area (Å²) in [6.45, 7) is 3.86. The zero-order chi connectivity index (χ0) is 13.3. The van der Waals surface area contributed by atoms with E-state index in [1.807, 2.05) is 32.0 Å². The minimum Gasteiger partial charge on any atom is -0.477 e. The van der Waals surface area contributed by atoms with Gasteiger partial charge in [-0.3, -0.25) is 0 Å². The molecule has 1 aromatic carbocycles. The highest BCUT2D eigenvalue weighted by Crippen LogP contribution is 2.35. The summed E-state index contributed by atoms with van der Waals surface area (Å²) in [7, 11) is 0. The summed E-state index contributed by atoms with van der Waals surface area (Å²) in [5.41, 5.74) is 1.39. The Kier molecular flexibility index (Phi) is 3.68. The molecule has 3 nitrogen and oxygen atoms in total. The van der Waals surface area contributed by atoms with Gasteiger partial charge in [-0.15, -0.1) is 11.3 Å². The number of carboxylic acids is 1. The number of benzene rings is 1. The summed E-state index contributed by atoms with van der Waals surface area (Å²) in [6.07, 6.45) is 0. The van der Waals surface area contributed by atoms with Crippen molar-refractivity contribution in [3.8, 4) is 10.6 Å². The molecule has 0 unspecified atom stereocenters. The number of nitrogens with zero attached hydrogens (tertiary/aromatic N) is 1. The lowest BCUT2D eigenvalue weighted by Crippen LogP contribution is -2.00. The third kappa shape index (κ3) is 2.40. The zero-order valence-electron chi connectivity index (χ0n) is 9.98. The Balaban J connectivity index is 2.57. The molecule has 94 valence electrons. The molecule has 1 heterocycles. The van der Waals surface area contributed by atoms with Gasteiger partial charge in [0.25, 0.3) is 0 Å². The van der Waals surface area contributed by atoms with Crippen LogP contribution < -0.4 is 0 Å². The van der Waals surface area contributed by atoms with E-state index >= 15 is 0 Å². The Morgan fingerprint density at radius 2 is 2.06 bits per heavy atom. The van der Waals surface area contributed by atoms with Gasteiger partial charge in [0.1, 0.15) is 9.88 Å². The lowest BCUT2D eigenvalue weighted by atomic mass is 10.1. The Bertz CT molecular complexity index is 592. The average Bonchev–Trinajstić information content (AvgIpc) is 2.74. The topological polar surface area (TPSA) is 50.2 Å². The van der Waals surface area contributed by atoms with Crippen LogP contribution in [-0.4, -0.2) is 16.1 Å². The van der Waals surface area contributed by atoms with Gasteiger partial charge in [0, 0.05) is 5.56 Å². The minimum absolute atomic E-state index is 0.0728. The first-order chi connectivity index (χ1) is 8.50. The number of aromatic nitrogens is 1. The van der Waals surface area contributed by atoms with E-state index < -0.39 is 5.97 Å². The molecule has 0 aliphatic carbocycles. The summed E-state index contributed by atoms with van der Waals surface area (Å²) in [5.74, 6) is -0.863. The Morgan fingerprint density at radius 1 is 1.39 bits per heavy atom. The molecular weight excluding hydrogens is 270 g/mol. The van der Waals surface area contributed by atoms with Crippen LogP contribution in [0, 0.1) is 0 Å².